The number of nitrogens with zero attached hydrogens (tertiary/aromatic N) is 1. The predicted octanol–water partition coefficient (Wildman–Crippen LogP) is 3.78. The van der Waals surface area contributed by atoms with Gasteiger partial charge in [-0.25, -0.2) is 0 Å². The number of aromatic hydroxyl groups is 1. The molecular formula is C15H16N2O3. The summed E-state index contributed by atoms with van der Waals surface area (Å²) in [6.45, 7) is 3.86. The number of hydrogen-bond donors (Lipinski definition) is 2. The van der Waals surface area contributed by atoms with Crippen molar-refractivity contribution in [1.29, 1.82) is 0 Å². The van der Waals surface area contributed by atoms with E-state index in [2.05, 4.69) is 5.32 Å². The number of non-ortho nitro benzene ring substituents is 1. The van der Waals surface area contributed by atoms with Crippen LogP contribution in [0.5, 0.6) is 5.75 Å². The van der Waals surface area contributed by atoms with E-state index in [1.165, 1.54) is 12.1 Å². The molecule has 0 aromatic heterocycles. The van der Waals surface area contributed by atoms with Gasteiger partial charge in [-0.2, -0.15) is 0 Å². The minimum atomic E-state index is -0.407. The third-order valence-corrected chi connectivity index (χ3v) is 3.20. The number of nitro groups is 1. The SMILES string of the molecule is Cc1ccc([N+](=O)[O-])cc1NC(C)c1ccc(O)cc1. The quantitative estimate of drug-likeness (QED) is 0.656. The molecule has 104 valence electrons. The van der Waals surface area contributed by atoms with Gasteiger partial charge >= 0.3 is 0 Å². The average molecular weight is 272 g/mol. The molecule has 0 amide bonds. The monoisotopic (exact) mass is 272 g/mol. The lowest BCUT2D eigenvalue weighted by molar-refractivity contribution is -0.384. The van der Waals surface area contributed by atoms with Crippen LogP contribution in [0.4, 0.5) is 11.4 Å². The Balaban J connectivity index is 2.22. The van der Waals surface area contributed by atoms with Crippen molar-refractivity contribution in [1.82, 2.24) is 0 Å². The first-order valence-corrected chi connectivity index (χ1v) is 6.28. The molecule has 1 atom stereocenters. The molecule has 0 aliphatic rings. The molecule has 0 spiro atoms. The Morgan fingerprint density at radius 2 is 1.85 bits per heavy atom. The van der Waals surface area contributed by atoms with Gasteiger partial charge in [-0.15, -0.1) is 0 Å². The van der Waals surface area contributed by atoms with Gasteiger partial charge in [-0.05, 0) is 37.1 Å². The molecule has 0 bridgehead atoms. The van der Waals surface area contributed by atoms with Gasteiger partial charge in [0.15, 0.2) is 0 Å². The standard InChI is InChI=1S/C15H16N2O3/c1-10-3-6-13(17(19)20)9-15(10)16-11(2)12-4-7-14(18)8-5-12/h3-9,11,16,18H,1-2H3. The van der Waals surface area contributed by atoms with E-state index in [1.54, 1.807) is 18.2 Å². The molecule has 0 aliphatic heterocycles. The summed E-state index contributed by atoms with van der Waals surface area (Å²) in [5.41, 5.74) is 2.74. The summed E-state index contributed by atoms with van der Waals surface area (Å²) in [5.74, 6) is 0.215. The number of hydrogen-bond acceptors (Lipinski definition) is 4. The van der Waals surface area contributed by atoms with Crippen LogP contribution in [-0.4, -0.2) is 10.0 Å². The van der Waals surface area contributed by atoms with Gasteiger partial charge in [0.1, 0.15) is 5.75 Å². The molecule has 0 saturated carbocycles. The third kappa shape index (κ3) is 3.06. The maximum atomic E-state index is 10.8. The molecule has 0 saturated heterocycles. The van der Waals surface area contributed by atoms with E-state index in [9.17, 15) is 15.2 Å². The fourth-order valence-electron chi connectivity index (χ4n) is 1.96. The van der Waals surface area contributed by atoms with E-state index in [1.807, 2.05) is 26.0 Å². The molecule has 0 fully saturated rings. The summed E-state index contributed by atoms with van der Waals surface area (Å²) in [4.78, 5) is 10.4. The summed E-state index contributed by atoms with van der Waals surface area (Å²) < 4.78 is 0. The topological polar surface area (TPSA) is 75.4 Å². The largest absolute Gasteiger partial charge is 0.508 e. The van der Waals surface area contributed by atoms with Crippen LogP contribution in [0.2, 0.25) is 0 Å². The predicted molar refractivity (Wildman–Crippen MR) is 78.0 cm³/mol. The summed E-state index contributed by atoms with van der Waals surface area (Å²) in [6.07, 6.45) is 0. The van der Waals surface area contributed by atoms with Crippen molar-refractivity contribution in [2.75, 3.05) is 5.32 Å². The molecule has 20 heavy (non-hydrogen) atoms. The van der Waals surface area contributed by atoms with Gasteiger partial charge in [0.25, 0.3) is 5.69 Å². The Kier molecular flexibility index (Phi) is 3.89. The highest BCUT2D eigenvalue weighted by molar-refractivity contribution is 5.57. The Hall–Kier alpha value is -2.56. The van der Waals surface area contributed by atoms with Crippen LogP contribution in [0.3, 0.4) is 0 Å². The van der Waals surface area contributed by atoms with E-state index in [0.717, 1.165) is 16.8 Å². The Morgan fingerprint density at radius 3 is 2.45 bits per heavy atom. The van der Waals surface area contributed by atoms with Crippen LogP contribution < -0.4 is 5.32 Å². The van der Waals surface area contributed by atoms with Crippen LogP contribution in [0.25, 0.3) is 0 Å². The third-order valence-electron chi connectivity index (χ3n) is 3.20. The first kappa shape index (κ1) is 13.9. The molecule has 0 radical (unpaired) electrons. The van der Waals surface area contributed by atoms with Gasteiger partial charge in [-0.3, -0.25) is 10.1 Å². The first-order chi connectivity index (χ1) is 9.47. The number of phenols is 1. The summed E-state index contributed by atoms with van der Waals surface area (Å²) in [6, 6.07) is 11.6. The number of phenolic OH excluding ortho intramolecular Hbond substituents is 1. The number of anilines is 1. The van der Waals surface area contributed by atoms with E-state index < -0.39 is 4.92 Å². The lowest BCUT2D eigenvalue weighted by Gasteiger charge is -2.17. The molecule has 2 rings (SSSR count). The maximum Gasteiger partial charge on any atom is 0.271 e. The van der Waals surface area contributed by atoms with Crippen LogP contribution in [0, 0.1) is 17.0 Å². The highest BCUT2D eigenvalue weighted by Gasteiger charge is 2.11. The van der Waals surface area contributed by atoms with Crippen molar-refractivity contribution < 1.29 is 10.0 Å². The normalized spacial score (nSPS) is 11.9. The second kappa shape index (κ2) is 5.61. The zero-order chi connectivity index (χ0) is 14.7. The highest BCUT2D eigenvalue weighted by atomic mass is 16.6. The Bertz CT molecular complexity index is 624. The zero-order valence-electron chi connectivity index (χ0n) is 11.3. The molecule has 5 heteroatoms. The van der Waals surface area contributed by atoms with E-state index in [-0.39, 0.29) is 17.5 Å². The number of benzene rings is 2. The Labute approximate surface area is 117 Å². The van der Waals surface area contributed by atoms with Crippen molar-refractivity contribution in [2.24, 2.45) is 0 Å². The molecule has 1 unspecified atom stereocenters. The second-order valence-corrected chi connectivity index (χ2v) is 4.71. The van der Waals surface area contributed by atoms with Gasteiger partial charge in [-0.1, -0.05) is 18.2 Å². The van der Waals surface area contributed by atoms with Crippen molar-refractivity contribution in [3.05, 3.63) is 63.7 Å². The molecule has 0 aliphatic carbocycles. The second-order valence-electron chi connectivity index (χ2n) is 4.71. The molecule has 2 N–H and O–H groups in total. The summed E-state index contributed by atoms with van der Waals surface area (Å²) in [7, 11) is 0. The molecule has 2 aromatic carbocycles. The number of nitrogens with one attached hydrogen (secondary N) is 1. The zero-order valence-corrected chi connectivity index (χ0v) is 11.3. The van der Waals surface area contributed by atoms with Crippen molar-refractivity contribution >= 4 is 11.4 Å². The van der Waals surface area contributed by atoms with Crippen LogP contribution in [-0.2, 0) is 0 Å². The molecular weight excluding hydrogens is 256 g/mol. The molecule has 5 nitrogen and oxygen atoms in total. The van der Waals surface area contributed by atoms with E-state index in [0.29, 0.717) is 0 Å². The highest BCUT2D eigenvalue weighted by Crippen LogP contribution is 2.26. The first-order valence-electron chi connectivity index (χ1n) is 6.28. The van der Waals surface area contributed by atoms with Gasteiger partial charge < -0.3 is 10.4 Å². The van der Waals surface area contributed by atoms with Crippen molar-refractivity contribution in [3.8, 4) is 5.75 Å². The van der Waals surface area contributed by atoms with E-state index >= 15 is 0 Å². The molecule has 2 aromatic rings. The summed E-state index contributed by atoms with van der Waals surface area (Å²) in [5, 5.41) is 23.3. The van der Waals surface area contributed by atoms with Crippen molar-refractivity contribution in [2.45, 2.75) is 19.9 Å². The average Bonchev–Trinajstić information content (AvgIpc) is 2.41. The van der Waals surface area contributed by atoms with Crippen LogP contribution in [0.15, 0.2) is 42.5 Å². The fourth-order valence-corrected chi connectivity index (χ4v) is 1.96. The fraction of sp³-hybridized carbons (Fsp3) is 0.200. The summed E-state index contributed by atoms with van der Waals surface area (Å²) >= 11 is 0. The lowest BCUT2D eigenvalue weighted by atomic mass is 10.1. The number of aryl methyl sites for hydroxylation is 1. The van der Waals surface area contributed by atoms with E-state index in [4.69, 9.17) is 0 Å². The minimum Gasteiger partial charge on any atom is -0.508 e. The van der Waals surface area contributed by atoms with Gasteiger partial charge in [0.2, 0.25) is 0 Å². The van der Waals surface area contributed by atoms with Gasteiger partial charge in [0.05, 0.1) is 4.92 Å². The smallest absolute Gasteiger partial charge is 0.271 e. The minimum absolute atomic E-state index is 0.0173. The van der Waals surface area contributed by atoms with Crippen LogP contribution in [0.1, 0.15) is 24.1 Å². The van der Waals surface area contributed by atoms with Crippen molar-refractivity contribution in [3.63, 3.8) is 0 Å². The maximum absolute atomic E-state index is 10.8. The van der Waals surface area contributed by atoms with Crippen LogP contribution >= 0.6 is 0 Å². The Morgan fingerprint density at radius 1 is 1.20 bits per heavy atom. The van der Waals surface area contributed by atoms with Gasteiger partial charge in [0, 0.05) is 23.9 Å². The number of nitro benzene ring substituents is 1. The lowest BCUT2D eigenvalue weighted by Crippen LogP contribution is -2.07. The molecule has 0 heterocycles. The number of rotatable bonds is 4.